The second kappa shape index (κ2) is 11.9. The topological polar surface area (TPSA) is 0 Å². The fourth-order valence-corrected chi connectivity index (χ4v) is 11.3. The Morgan fingerprint density at radius 2 is 0.532 bits per heavy atom. The van der Waals surface area contributed by atoms with Crippen LogP contribution in [0.4, 0.5) is 0 Å². The number of benzene rings is 6. The van der Waals surface area contributed by atoms with Crippen molar-refractivity contribution in [3.8, 4) is 65.4 Å². The molecule has 0 N–H and O–H groups in total. The molecular formula is C44H28S3. The molecule has 0 nitrogen and oxygen atoms in total. The minimum atomic E-state index is 1.24. The third kappa shape index (κ3) is 4.87. The molecule has 0 aliphatic carbocycles. The highest BCUT2D eigenvalue weighted by molar-refractivity contribution is 7.41. The summed E-state index contributed by atoms with van der Waals surface area (Å²) in [6.45, 7) is 0. The lowest BCUT2D eigenvalue weighted by molar-refractivity contribution is 1.61. The molecule has 0 saturated carbocycles. The third-order valence-corrected chi connectivity index (χ3v) is 12.9. The predicted octanol–water partition coefficient (Wildman–Crippen LogP) is 14.2. The van der Waals surface area contributed by atoms with Gasteiger partial charge in [0, 0.05) is 32.0 Å². The minimum Gasteiger partial charge on any atom is -0.132 e. The van der Waals surface area contributed by atoms with Crippen molar-refractivity contribution in [3.05, 3.63) is 170 Å². The zero-order valence-corrected chi connectivity index (χ0v) is 27.8. The van der Waals surface area contributed by atoms with Gasteiger partial charge in [0.1, 0.15) is 0 Å². The van der Waals surface area contributed by atoms with E-state index in [9.17, 15) is 0 Å². The van der Waals surface area contributed by atoms with Crippen molar-refractivity contribution >= 4 is 52.8 Å². The highest BCUT2D eigenvalue weighted by Gasteiger charge is 2.27. The average Bonchev–Trinajstić information content (AvgIpc) is 3.81. The fraction of sp³-hybridized carbons (Fsp3) is 0. The molecule has 0 atom stereocenters. The molecule has 0 fully saturated rings. The SMILES string of the molecule is c1ccc(-c2ccccc2-c2sc3c(sc4c(-c5ccccc5)c(-c5ccccc5-c5ccccc5)sc43)c2-c2ccccc2)cc1. The number of hydrogen-bond donors (Lipinski definition) is 0. The van der Waals surface area contributed by atoms with Crippen LogP contribution in [0.2, 0.25) is 0 Å². The normalized spacial score (nSPS) is 11.4. The Morgan fingerprint density at radius 3 is 0.894 bits per heavy atom. The summed E-state index contributed by atoms with van der Waals surface area (Å²) < 4.78 is 5.51. The van der Waals surface area contributed by atoms with Gasteiger partial charge in [-0.15, -0.1) is 34.0 Å². The van der Waals surface area contributed by atoms with Crippen LogP contribution in [0.15, 0.2) is 170 Å². The second-order valence-corrected chi connectivity index (χ2v) is 14.6. The van der Waals surface area contributed by atoms with Crippen LogP contribution in [-0.4, -0.2) is 0 Å². The highest BCUT2D eigenvalue weighted by atomic mass is 32.1. The lowest BCUT2D eigenvalue weighted by Gasteiger charge is -2.12. The quantitative estimate of drug-likeness (QED) is 0.168. The van der Waals surface area contributed by atoms with Gasteiger partial charge in [-0.2, -0.15) is 0 Å². The van der Waals surface area contributed by atoms with Crippen LogP contribution in [0, 0.1) is 0 Å². The van der Waals surface area contributed by atoms with Crippen LogP contribution in [-0.2, 0) is 0 Å². The molecule has 9 aromatic rings. The van der Waals surface area contributed by atoms with E-state index in [1.54, 1.807) is 0 Å². The molecule has 0 amide bonds. The van der Waals surface area contributed by atoms with Crippen LogP contribution in [0.1, 0.15) is 0 Å². The third-order valence-electron chi connectivity index (χ3n) is 8.78. The van der Waals surface area contributed by atoms with Gasteiger partial charge in [-0.3, -0.25) is 0 Å². The molecule has 9 rings (SSSR count). The summed E-state index contributed by atoms with van der Waals surface area (Å²) in [5, 5.41) is 0. The van der Waals surface area contributed by atoms with Crippen LogP contribution in [0.3, 0.4) is 0 Å². The van der Waals surface area contributed by atoms with Crippen molar-refractivity contribution < 1.29 is 0 Å². The maximum atomic E-state index is 2.30. The maximum absolute atomic E-state index is 2.30. The van der Waals surface area contributed by atoms with E-state index in [0.29, 0.717) is 0 Å². The first-order chi connectivity index (χ1) is 23.3. The number of hydrogen-bond acceptors (Lipinski definition) is 3. The summed E-state index contributed by atoms with van der Waals surface area (Å²) in [5.41, 5.74) is 12.8. The fourth-order valence-electron chi connectivity index (χ4n) is 6.64. The van der Waals surface area contributed by atoms with E-state index in [-0.39, 0.29) is 0 Å². The number of thiophene rings is 3. The van der Waals surface area contributed by atoms with Crippen molar-refractivity contribution in [2.45, 2.75) is 0 Å². The van der Waals surface area contributed by atoms with E-state index in [1.165, 1.54) is 84.2 Å². The van der Waals surface area contributed by atoms with Crippen molar-refractivity contribution in [2.24, 2.45) is 0 Å². The van der Waals surface area contributed by atoms with Gasteiger partial charge in [-0.05, 0) is 33.4 Å². The van der Waals surface area contributed by atoms with Gasteiger partial charge in [0.2, 0.25) is 0 Å². The molecule has 3 aromatic heterocycles. The Bertz CT molecular complexity index is 2310. The summed E-state index contributed by atoms with van der Waals surface area (Å²) in [4.78, 5) is 2.67. The van der Waals surface area contributed by atoms with Crippen molar-refractivity contribution in [1.82, 2.24) is 0 Å². The van der Waals surface area contributed by atoms with E-state index in [1.807, 2.05) is 34.0 Å². The Morgan fingerprint density at radius 1 is 0.234 bits per heavy atom. The van der Waals surface area contributed by atoms with E-state index < -0.39 is 0 Å². The van der Waals surface area contributed by atoms with Crippen LogP contribution >= 0.6 is 34.0 Å². The molecule has 3 heterocycles. The summed E-state index contributed by atoms with van der Waals surface area (Å²) in [6, 6.07) is 61.3. The Hall–Kier alpha value is -5.06. The monoisotopic (exact) mass is 652 g/mol. The van der Waals surface area contributed by atoms with Gasteiger partial charge in [0.05, 0.1) is 18.8 Å². The lowest BCUT2D eigenvalue weighted by atomic mass is 9.95. The first-order valence-corrected chi connectivity index (χ1v) is 18.2. The number of rotatable bonds is 6. The molecule has 47 heavy (non-hydrogen) atoms. The van der Waals surface area contributed by atoms with Gasteiger partial charge in [-0.25, -0.2) is 0 Å². The predicted molar refractivity (Wildman–Crippen MR) is 208 cm³/mol. The first-order valence-electron chi connectivity index (χ1n) is 15.8. The molecule has 222 valence electrons. The van der Waals surface area contributed by atoms with Crippen LogP contribution < -0.4 is 0 Å². The smallest absolute Gasteiger partial charge is 0.0642 e. The zero-order valence-electron chi connectivity index (χ0n) is 25.4. The Balaban J connectivity index is 1.36. The van der Waals surface area contributed by atoms with E-state index in [2.05, 4.69) is 170 Å². The maximum Gasteiger partial charge on any atom is 0.0642 e. The molecule has 0 aliphatic rings. The molecule has 0 unspecified atom stereocenters. The summed E-state index contributed by atoms with van der Waals surface area (Å²) in [7, 11) is 0. The average molecular weight is 653 g/mol. The van der Waals surface area contributed by atoms with E-state index in [4.69, 9.17) is 0 Å². The van der Waals surface area contributed by atoms with Gasteiger partial charge in [-0.1, -0.05) is 170 Å². The van der Waals surface area contributed by atoms with Crippen molar-refractivity contribution in [3.63, 3.8) is 0 Å². The standard InChI is InChI=1S/C44H28S3/c1-5-17-29(18-6-1)33-25-13-15-27-35(33)39-37(31-21-9-3-10-22-31)41-43(45-39)44-42(47-41)38(32-23-11-4-12-24-32)40(46-44)36-28-16-14-26-34(36)30-19-7-2-8-20-30/h1-28H. The lowest BCUT2D eigenvalue weighted by Crippen LogP contribution is -1.85. The molecule has 0 spiro atoms. The minimum absolute atomic E-state index is 1.24. The highest BCUT2D eigenvalue weighted by Crippen LogP contribution is 2.58. The van der Waals surface area contributed by atoms with Gasteiger partial charge in [0.25, 0.3) is 0 Å². The van der Waals surface area contributed by atoms with Gasteiger partial charge in [0.15, 0.2) is 0 Å². The second-order valence-electron chi connectivity index (χ2n) is 11.6. The molecule has 0 bridgehead atoms. The first kappa shape index (κ1) is 28.2. The van der Waals surface area contributed by atoms with Gasteiger partial charge < -0.3 is 0 Å². The van der Waals surface area contributed by atoms with E-state index in [0.717, 1.165) is 0 Å². The summed E-state index contributed by atoms with van der Waals surface area (Å²) in [5.74, 6) is 0. The zero-order chi connectivity index (χ0) is 31.2. The number of fused-ring (bicyclic) bond motifs is 3. The van der Waals surface area contributed by atoms with E-state index >= 15 is 0 Å². The van der Waals surface area contributed by atoms with Gasteiger partial charge >= 0.3 is 0 Å². The molecule has 0 aliphatic heterocycles. The summed E-state index contributed by atoms with van der Waals surface area (Å²) in [6.07, 6.45) is 0. The van der Waals surface area contributed by atoms with Crippen LogP contribution in [0.25, 0.3) is 84.2 Å². The summed E-state index contributed by atoms with van der Waals surface area (Å²) >= 11 is 5.86. The van der Waals surface area contributed by atoms with Crippen molar-refractivity contribution in [1.29, 1.82) is 0 Å². The Labute approximate surface area is 286 Å². The molecule has 0 saturated heterocycles. The molecule has 6 aromatic carbocycles. The molecule has 3 heteroatoms. The van der Waals surface area contributed by atoms with Crippen LogP contribution in [0.5, 0.6) is 0 Å². The molecular weight excluding hydrogens is 625 g/mol. The molecule has 0 radical (unpaired) electrons. The largest absolute Gasteiger partial charge is 0.132 e. The Kier molecular flexibility index (Phi) is 7.16. The van der Waals surface area contributed by atoms with Crippen molar-refractivity contribution in [2.75, 3.05) is 0 Å².